The summed E-state index contributed by atoms with van der Waals surface area (Å²) in [7, 11) is 0. The number of nitrogens with zero attached hydrogens (tertiary/aromatic N) is 1. The van der Waals surface area contributed by atoms with Gasteiger partial charge in [-0.3, -0.25) is 4.79 Å². The van der Waals surface area contributed by atoms with E-state index in [1.807, 2.05) is 24.3 Å². The van der Waals surface area contributed by atoms with Crippen molar-refractivity contribution >= 4 is 17.4 Å². The predicted octanol–water partition coefficient (Wildman–Crippen LogP) is 4.17. The molecule has 1 amide bonds. The predicted molar refractivity (Wildman–Crippen MR) is 116 cm³/mol. The Morgan fingerprint density at radius 1 is 1.19 bits per heavy atom. The summed E-state index contributed by atoms with van der Waals surface area (Å²) in [5.74, 6) is 0.667. The number of ether oxygens (including phenoxy) is 2. The van der Waals surface area contributed by atoms with Crippen LogP contribution in [0, 0.1) is 11.3 Å². The summed E-state index contributed by atoms with van der Waals surface area (Å²) in [5, 5.41) is 11.8. The van der Waals surface area contributed by atoms with Gasteiger partial charge >= 0.3 is 6.09 Å². The maximum Gasteiger partial charge on any atom is 0.407 e. The van der Waals surface area contributed by atoms with Crippen LogP contribution in [0.2, 0.25) is 0 Å². The Morgan fingerprint density at radius 2 is 1.97 bits per heavy atom. The van der Waals surface area contributed by atoms with Crippen LogP contribution in [0.3, 0.4) is 0 Å². The molecule has 0 atom stereocenters. The monoisotopic (exact) mass is 416 g/mol. The van der Waals surface area contributed by atoms with Gasteiger partial charge < -0.3 is 14.8 Å². The van der Waals surface area contributed by atoms with E-state index in [1.165, 1.54) is 0 Å². The molecule has 6 nitrogen and oxygen atoms in total. The van der Waals surface area contributed by atoms with E-state index >= 15 is 0 Å². The molecule has 0 aliphatic heterocycles. The average molecular weight is 416 g/mol. The number of amides is 1. The Hall–Kier alpha value is -3.59. The molecule has 158 valence electrons. The lowest BCUT2D eigenvalue weighted by molar-refractivity contribution is 0.105. The van der Waals surface area contributed by atoms with Crippen LogP contribution >= 0.6 is 0 Å². The highest BCUT2D eigenvalue weighted by Gasteiger charge is 2.42. The molecule has 2 aromatic carbocycles. The van der Waals surface area contributed by atoms with Gasteiger partial charge in [0.1, 0.15) is 12.4 Å². The standard InChI is InChI=1S/C25H24N2O4/c1-4-30-24(29)27-9-10-31-17-6-8-19-20(13-17)25(2,3)21-12-16-11-15(14-26)5-7-18(16)22(21)23(19)28/h5-8,11,13H,4,9-10,12H2,1-3H3,(H,27,29). The molecular formula is C25H24N2O4. The minimum atomic E-state index is -0.469. The van der Waals surface area contributed by atoms with Gasteiger partial charge in [-0.25, -0.2) is 4.79 Å². The SMILES string of the molecule is CCOC(=O)NCCOc1ccc2c(c1)C(C)(C)C1=C(C2=O)c2ccc(C#N)cc2C1. The first-order valence-electron chi connectivity index (χ1n) is 10.4. The first-order chi connectivity index (χ1) is 14.9. The van der Waals surface area contributed by atoms with E-state index in [4.69, 9.17) is 9.47 Å². The molecule has 0 aromatic heterocycles. The van der Waals surface area contributed by atoms with Crippen LogP contribution in [-0.2, 0) is 16.6 Å². The van der Waals surface area contributed by atoms with E-state index in [0.29, 0.717) is 43.1 Å². The van der Waals surface area contributed by atoms with Crippen molar-refractivity contribution < 1.29 is 19.1 Å². The number of carbonyl (C=O) groups excluding carboxylic acids is 2. The minimum Gasteiger partial charge on any atom is -0.492 e. The zero-order chi connectivity index (χ0) is 22.2. The Labute approximate surface area is 181 Å². The van der Waals surface area contributed by atoms with Gasteiger partial charge in [0, 0.05) is 16.6 Å². The van der Waals surface area contributed by atoms with Crippen LogP contribution in [0.15, 0.2) is 42.0 Å². The third-order valence-electron chi connectivity index (χ3n) is 5.98. The van der Waals surface area contributed by atoms with Crippen molar-refractivity contribution in [3.63, 3.8) is 0 Å². The molecule has 0 unspecified atom stereocenters. The molecule has 0 radical (unpaired) electrons. The largest absolute Gasteiger partial charge is 0.492 e. The van der Waals surface area contributed by atoms with Crippen molar-refractivity contribution in [2.24, 2.45) is 0 Å². The van der Waals surface area contributed by atoms with E-state index in [9.17, 15) is 14.9 Å². The Balaban J connectivity index is 1.58. The first-order valence-corrected chi connectivity index (χ1v) is 10.4. The molecule has 2 aliphatic rings. The normalized spacial score (nSPS) is 15.5. The molecular weight excluding hydrogens is 392 g/mol. The van der Waals surface area contributed by atoms with Gasteiger partial charge in [0.25, 0.3) is 0 Å². The van der Waals surface area contributed by atoms with Crippen molar-refractivity contribution in [2.75, 3.05) is 19.8 Å². The molecule has 31 heavy (non-hydrogen) atoms. The number of ketones is 1. The number of allylic oxidation sites excluding steroid dienone is 2. The van der Waals surface area contributed by atoms with Crippen molar-refractivity contribution in [3.05, 3.63) is 69.8 Å². The lowest BCUT2D eigenvalue weighted by Crippen LogP contribution is -2.30. The smallest absolute Gasteiger partial charge is 0.407 e. The second kappa shape index (κ2) is 7.92. The number of alkyl carbamates (subject to hydrolysis) is 1. The highest BCUT2D eigenvalue weighted by molar-refractivity contribution is 6.33. The van der Waals surface area contributed by atoms with E-state index in [-0.39, 0.29) is 11.2 Å². The summed E-state index contributed by atoms with van der Waals surface area (Å²) in [5.41, 5.74) is 5.67. The third kappa shape index (κ3) is 3.57. The number of benzene rings is 2. The number of hydrogen-bond donors (Lipinski definition) is 1. The van der Waals surface area contributed by atoms with Gasteiger partial charge in [-0.1, -0.05) is 19.9 Å². The van der Waals surface area contributed by atoms with Gasteiger partial charge in [0.15, 0.2) is 5.78 Å². The highest BCUT2D eigenvalue weighted by Crippen LogP contribution is 2.50. The number of nitriles is 1. The summed E-state index contributed by atoms with van der Waals surface area (Å²) in [6, 6.07) is 13.3. The number of fused-ring (bicyclic) bond motifs is 3. The molecule has 4 rings (SSSR count). The fraction of sp³-hybridized carbons (Fsp3) is 0.320. The lowest BCUT2D eigenvalue weighted by atomic mass is 9.68. The topological polar surface area (TPSA) is 88.4 Å². The van der Waals surface area contributed by atoms with Crippen LogP contribution in [0.1, 0.15) is 53.4 Å². The van der Waals surface area contributed by atoms with E-state index in [2.05, 4.69) is 25.2 Å². The van der Waals surface area contributed by atoms with Gasteiger partial charge in [0.2, 0.25) is 0 Å². The molecule has 2 aliphatic carbocycles. The summed E-state index contributed by atoms with van der Waals surface area (Å²) >= 11 is 0. The fourth-order valence-electron chi connectivity index (χ4n) is 4.42. The van der Waals surface area contributed by atoms with Crippen molar-refractivity contribution in [3.8, 4) is 11.8 Å². The summed E-state index contributed by atoms with van der Waals surface area (Å²) in [4.78, 5) is 24.7. The van der Waals surface area contributed by atoms with Crippen molar-refractivity contribution in [1.29, 1.82) is 5.26 Å². The first kappa shape index (κ1) is 20.7. The Morgan fingerprint density at radius 3 is 2.71 bits per heavy atom. The maximum atomic E-state index is 13.4. The summed E-state index contributed by atoms with van der Waals surface area (Å²) in [6.07, 6.45) is 0.190. The number of rotatable bonds is 5. The second-order valence-electron chi connectivity index (χ2n) is 8.17. The maximum absolute atomic E-state index is 13.4. The summed E-state index contributed by atoms with van der Waals surface area (Å²) < 4.78 is 10.6. The van der Waals surface area contributed by atoms with Gasteiger partial charge in [-0.15, -0.1) is 0 Å². The number of nitrogens with one attached hydrogen (secondary N) is 1. The number of carbonyl (C=O) groups is 2. The highest BCUT2D eigenvalue weighted by atomic mass is 16.5. The van der Waals surface area contributed by atoms with Crippen molar-refractivity contribution in [2.45, 2.75) is 32.6 Å². The van der Waals surface area contributed by atoms with Crippen LogP contribution in [0.25, 0.3) is 5.57 Å². The van der Waals surface area contributed by atoms with Crippen LogP contribution in [-0.4, -0.2) is 31.6 Å². The Kier molecular flexibility index (Phi) is 5.28. The number of Topliss-reactive ketones (excluding diaryl/α,β-unsaturated/α-hetero) is 1. The minimum absolute atomic E-state index is 0.0170. The van der Waals surface area contributed by atoms with E-state index in [1.54, 1.807) is 19.1 Å². The Bertz CT molecular complexity index is 1150. The molecule has 0 heterocycles. The van der Waals surface area contributed by atoms with Crippen molar-refractivity contribution in [1.82, 2.24) is 5.32 Å². The second-order valence-corrected chi connectivity index (χ2v) is 8.17. The molecule has 6 heteroatoms. The van der Waals surface area contributed by atoms with Crippen LogP contribution in [0.4, 0.5) is 4.79 Å². The van der Waals surface area contributed by atoms with E-state index in [0.717, 1.165) is 27.8 Å². The van der Waals surface area contributed by atoms with Gasteiger partial charge in [-0.2, -0.15) is 5.26 Å². The van der Waals surface area contributed by atoms with Gasteiger partial charge in [0.05, 0.1) is 24.8 Å². The fourth-order valence-corrected chi connectivity index (χ4v) is 4.42. The molecule has 1 N–H and O–H groups in total. The molecule has 0 saturated heterocycles. The molecule has 0 spiro atoms. The molecule has 0 saturated carbocycles. The summed E-state index contributed by atoms with van der Waals surface area (Å²) in [6.45, 7) is 6.93. The lowest BCUT2D eigenvalue weighted by Gasteiger charge is -2.34. The quantitative estimate of drug-likeness (QED) is 0.739. The zero-order valence-electron chi connectivity index (χ0n) is 17.9. The van der Waals surface area contributed by atoms with Crippen LogP contribution < -0.4 is 10.1 Å². The molecule has 0 bridgehead atoms. The average Bonchev–Trinajstić information content (AvgIpc) is 3.15. The zero-order valence-corrected chi connectivity index (χ0v) is 17.9. The molecule has 0 fully saturated rings. The van der Waals surface area contributed by atoms with Gasteiger partial charge in [-0.05, 0) is 65.9 Å². The number of hydrogen-bond acceptors (Lipinski definition) is 5. The third-order valence-corrected chi connectivity index (χ3v) is 5.98. The van der Waals surface area contributed by atoms with E-state index < -0.39 is 6.09 Å². The van der Waals surface area contributed by atoms with Crippen LogP contribution in [0.5, 0.6) is 5.75 Å². The molecule has 2 aromatic rings.